The lowest BCUT2D eigenvalue weighted by atomic mass is 10.1. The number of nitrogens with one attached hydrogen (secondary N) is 1. The topological polar surface area (TPSA) is 92.4 Å². The van der Waals surface area contributed by atoms with Gasteiger partial charge >= 0.3 is 12.1 Å². The van der Waals surface area contributed by atoms with Gasteiger partial charge in [0.15, 0.2) is 0 Å². The van der Waals surface area contributed by atoms with Crippen LogP contribution in [0, 0.1) is 0 Å². The van der Waals surface area contributed by atoms with Gasteiger partial charge in [0.25, 0.3) is 5.91 Å². The molecule has 0 fully saturated rings. The fourth-order valence-corrected chi connectivity index (χ4v) is 1.32. The molecule has 1 amide bonds. The summed E-state index contributed by atoms with van der Waals surface area (Å²) in [5.41, 5.74) is 6.48. The van der Waals surface area contributed by atoms with Crippen LogP contribution in [0.2, 0.25) is 0 Å². The molecule has 0 atom stereocenters. The first-order chi connectivity index (χ1) is 10.7. The summed E-state index contributed by atoms with van der Waals surface area (Å²) in [5, 5.41) is 9.91. The molecule has 0 spiro atoms. The molecule has 0 aliphatic heterocycles. The summed E-state index contributed by atoms with van der Waals surface area (Å²) in [7, 11) is 0. The van der Waals surface area contributed by atoms with Crippen LogP contribution in [0.15, 0.2) is 24.3 Å². The standard InChI is InChI=1S/C12H17FN2O.C2HF3O2/c13-9-10-3-5-11(6-4-10)12(16)15-8-2-1-7-14;3-2(4,5)1(6)7/h3-6H,1-2,7-9,14H2,(H,15,16);(H,6,7). The fraction of sp³-hybridized carbons (Fsp3) is 0.429. The highest BCUT2D eigenvalue weighted by molar-refractivity contribution is 5.94. The minimum atomic E-state index is -5.08. The number of hydrogen-bond donors (Lipinski definition) is 3. The summed E-state index contributed by atoms with van der Waals surface area (Å²) in [6.45, 7) is 0.764. The monoisotopic (exact) mass is 338 g/mol. The van der Waals surface area contributed by atoms with E-state index in [9.17, 15) is 22.4 Å². The summed E-state index contributed by atoms with van der Waals surface area (Å²) in [5.74, 6) is -2.88. The summed E-state index contributed by atoms with van der Waals surface area (Å²) in [6, 6.07) is 6.50. The van der Waals surface area contributed by atoms with Crippen LogP contribution >= 0.6 is 0 Å². The molecule has 0 aliphatic rings. The molecule has 9 heteroatoms. The van der Waals surface area contributed by atoms with Crippen molar-refractivity contribution in [2.75, 3.05) is 13.1 Å². The Morgan fingerprint density at radius 1 is 1.13 bits per heavy atom. The van der Waals surface area contributed by atoms with E-state index in [2.05, 4.69) is 5.32 Å². The van der Waals surface area contributed by atoms with Gasteiger partial charge in [0.1, 0.15) is 6.67 Å². The van der Waals surface area contributed by atoms with Crippen LogP contribution in [0.3, 0.4) is 0 Å². The highest BCUT2D eigenvalue weighted by atomic mass is 19.4. The molecule has 23 heavy (non-hydrogen) atoms. The summed E-state index contributed by atoms with van der Waals surface area (Å²) in [6.07, 6.45) is -3.30. The van der Waals surface area contributed by atoms with Gasteiger partial charge in [0, 0.05) is 12.1 Å². The second-order valence-corrected chi connectivity index (χ2v) is 4.39. The average Bonchev–Trinajstić information content (AvgIpc) is 2.51. The van der Waals surface area contributed by atoms with Crippen LogP contribution in [0.1, 0.15) is 28.8 Å². The molecule has 5 nitrogen and oxygen atoms in total. The van der Waals surface area contributed by atoms with E-state index in [0.717, 1.165) is 12.8 Å². The van der Waals surface area contributed by atoms with Gasteiger partial charge in [-0.25, -0.2) is 9.18 Å². The third kappa shape index (κ3) is 9.46. The number of unbranched alkanes of at least 4 members (excludes halogenated alkanes) is 1. The average molecular weight is 338 g/mol. The number of alkyl halides is 4. The van der Waals surface area contributed by atoms with Crippen molar-refractivity contribution in [3.8, 4) is 0 Å². The Morgan fingerprint density at radius 3 is 2.04 bits per heavy atom. The Kier molecular flexibility index (Phi) is 9.56. The summed E-state index contributed by atoms with van der Waals surface area (Å²) < 4.78 is 44.0. The van der Waals surface area contributed by atoms with Crippen LogP contribution < -0.4 is 11.1 Å². The van der Waals surface area contributed by atoms with E-state index in [1.54, 1.807) is 24.3 Å². The van der Waals surface area contributed by atoms with Crippen molar-refractivity contribution in [1.29, 1.82) is 0 Å². The SMILES string of the molecule is NCCCCNC(=O)c1ccc(CF)cc1.O=C(O)C(F)(F)F. The predicted molar refractivity (Wildman–Crippen MR) is 75.6 cm³/mol. The number of rotatable bonds is 6. The van der Waals surface area contributed by atoms with Crippen LogP contribution in [-0.4, -0.2) is 36.2 Å². The normalized spacial score (nSPS) is 10.5. The molecule has 0 unspecified atom stereocenters. The third-order valence-electron chi connectivity index (χ3n) is 2.53. The number of carboxylic acids is 1. The first-order valence-corrected chi connectivity index (χ1v) is 6.65. The Bertz CT molecular complexity index is 490. The molecule has 1 aromatic carbocycles. The molecular weight excluding hydrogens is 320 g/mol. The number of aliphatic carboxylic acids is 1. The lowest BCUT2D eigenvalue weighted by Gasteiger charge is -2.04. The molecule has 1 aromatic rings. The smallest absolute Gasteiger partial charge is 0.475 e. The maximum absolute atomic E-state index is 12.2. The van der Waals surface area contributed by atoms with Crippen molar-refractivity contribution < 1.29 is 32.3 Å². The largest absolute Gasteiger partial charge is 0.490 e. The van der Waals surface area contributed by atoms with E-state index in [0.29, 0.717) is 24.2 Å². The number of nitrogens with two attached hydrogens (primary N) is 1. The quantitative estimate of drug-likeness (QED) is 0.548. The van der Waals surface area contributed by atoms with Gasteiger partial charge in [-0.1, -0.05) is 12.1 Å². The lowest BCUT2D eigenvalue weighted by molar-refractivity contribution is -0.192. The second-order valence-electron chi connectivity index (χ2n) is 4.39. The number of benzene rings is 1. The number of hydrogen-bond acceptors (Lipinski definition) is 3. The number of carboxylic acid groups (broad SMARTS) is 1. The molecule has 130 valence electrons. The Balaban J connectivity index is 0.000000585. The molecule has 0 bridgehead atoms. The fourth-order valence-electron chi connectivity index (χ4n) is 1.32. The lowest BCUT2D eigenvalue weighted by Crippen LogP contribution is -2.24. The molecule has 0 radical (unpaired) electrons. The van der Waals surface area contributed by atoms with Gasteiger partial charge in [0.2, 0.25) is 0 Å². The number of amides is 1. The molecule has 0 aliphatic carbocycles. The Hall–Kier alpha value is -2.16. The van der Waals surface area contributed by atoms with Crippen LogP contribution in [0.4, 0.5) is 17.6 Å². The molecule has 4 N–H and O–H groups in total. The molecule has 0 heterocycles. The van der Waals surface area contributed by atoms with Gasteiger partial charge in [-0.2, -0.15) is 13.2 Å². The molecule has 1 rings (SSSR count). The van der Waals surface area contributed by atoms with Crippen molar-refractivity contribution in [3.63, 3.8) is 0 Å². The maximum Gasteiger partial charge on any atom is 0.490 e. The van der Waals surface area contributed by atoms with E-state index in [-0.39, 0.29) is 5.91 Å². The van der Waals surface area contributed by atoms with Crippen molar-refractivity contribution >= 4 is 11.9 Å². The Morgan fingerprint density at radius 2 is 1.65 bits per heavy atom. The third-order valence-corrected chi connectivity index (χ3v) is 2.53. The predicted octanol–water partition coefficient (Wildman–Crippen LogP) is 2.26. The van der Waals surface area contributed by atoms with Crippen LogP contribution in [0.25, 0.3) is 0 Å². The van der Waals surface area contributed by atoms with Gasteiger partial charge in [-0.05, 0) is 37.1 Å². The molecule has 0 saturated carbocycles. The summed E-state index contributed by atoms with van der Waals surface area (Å²) >= 11 is 0. The van der Waals surface area contributed by atoms with E-state index in [1.807, 2.05) is 0 Å². The first kappa shape index (κ1) is 20.8. The molecular formula is C14H18F4N2O3. The van der Waals surface area contributed by atoms with Crippen molar-refractivity contribution in [1.82, 2.24) is 5.32 Å². The number of carbonyl (C=O) groups is 2. The zero-order valence-corrected chi connectivity index (χ0v) is 12.2. The van der Waals surface area contributed by atoms with Gasteiger partial charge in [-0.3, -0.25) is 4.79 Å². The highest BCUT2D eigenvalue weighted by Crippen LogP contribution is 2.13. The van der Waals surface area contributed by atoms with Crippen LogP contribution in [0.5, 0.6) is 0 Å². The zero-order chi connectivity index (χ0) is 17.9. The van der Waals surface area contributed by atoms with E-state index < -0.39 is 18.8 Å². The van der Waals surface area contributed by atoms with Gasteiger partial charge < -0.3 is 16.2 Å². The first-order valence-electron chi connectivity index (χ1n) is 6.65. The minimum absolute atomic E-state index is 0.123. The second kappa shape index (κ2) is 10.5. The van der Waals surface area contributed by atoms with E-state index >= 15 is 0 Å². The Labute approximate surface area is 130 Å². The van der Waals surface area contributed by atoms with Crippen LogP contribution in [-0.2, 0) is 11.5 Å². The maximum atomic E-state index is 12.2. The van der Waals surface area contributed by atoms with Crippen molar-refractivity contribution in [2.24, 2.45) is 5.73 Å². The van der Waals surface area contributed by atoms with Gasteiger partial charge in [0.05, 0.1) is 0 Å². The van der Waals surface area contributed by atoms with E-state index in [4.69, 9.17) is 15.6 Å². The number of carbonyl (C=O) groups excluding carboxylic acids is 1. The number of halogens is 4. The highest BCUT2D eigenvalue weighted by Gasteiger charge is 2.38. The minimum Gasteiger partial charge on any atom is -0.475 e. The molecule has 0 saturated heterocycles. The molecule has 0 aromatic heterocycles. The summed E-state index contributed by atoms with van der Waals surface area (Å²) in [4.78, 5) is 20.5. The van der Waals surface area contributed by atoms with Crippen molar-refractivity contribution in [3.05, 3.63) is 35.4 Å². The van der Waals surface area contributed by atoms with Gasteiger partial charge in [-0.15, -0.1) is 0 Å². The van der Waals surface area contributed by atoms with E-state index in [1.165, 1.54) is 0 Å². The van der Waals surface area contributed by atoms with Crippen molar-refractivity contribution in [2.45, 2.75) is 25.7 Å². The zero-order valence-electron chi connectivity index (χ0n) is 12.2.